The molecular formula is C20H18N2O2. The van der Waals surface area contributed by atoms with Crippen LogP contribution < -0.4 is 10.2 Å². The van der Waals surface area contributed by atoms with Gasteiger partial charge in [-0.25, -0.2) is 0 Å². The molecule has 0 saturated heterocycles. The van der Waals surface area contributed by atoms with Crippen LogP contribution in [0.5, 0.6) is 0 Å². The van der Waals surface area contributed by atoms with E-state index in [9.17, 15) is 9.59 Å². The zero-order valence-electron chi connectivity index (χ0n) is 13.7. The second-order valence-corrected chi connectivity index (χ2v) is 6.27. The molecule has 1 N–H and O–H groups in total. The van der Waals surface area contributed by atoms with Crippen LogP contribution in [0, 0.1) is 0 Å². The predicted molar refractivity (Wildman–Crippen MR) is 96.2 cm³/mol. The average Bonchev–Trinajstić information content (AvgIpc) is 2.59. The Hall–Kier alpha value is -2.88. The maximum atomic E-state index is 12.7. The van der Waals surface area contributed by atoms with Crippen LogP contribution in [0.2, 0.25) is 0 Å². The van der Waals surface area contributed by atoms with Gasteiger partial charge in [-0.2, -0.15) is 0 Å². The van der Waals surface area contributed by atoms with Crippen molar-refractivity contribution in [1.82, 2.24) is 5.32 Å². The van der Waals surface area contributed by atoms with Crippen molar-refractivity contribution >= 4 is 39.0 Å². The highest BCUT2D eigenvalue weighted by molar-refractivity contribution is 6.19. The van der Waals surface area contributed by atoms with Crippen LogP contribution in [0.25, 0.3) is 21.5 Å². The summed E-state index contributed by atoms with van der Waals surface area (Å²) in [5.41, 5.74) is 2.07. The van der Waals surface area contributed by atoms with Crippen LogP contribution in [-0.4, -0.2) is 24.9 Å². The molecule has 0 bridgehead atoms. The van der Waals surface area contributed by atoms with Crippen molar-refractivity contribution < 1.29 is 9.59 Å². The Morgan fingerprint density at radius 3 is 2.17 bits per heavy atom. The molecule has 3 aromatic carbocycles. The number of carbonyl (C=O) groups is 2. The summed E-state index contributed by atoms with van der Waals surface area (Å²) in [6.07, 6.45) is 0.517. The summed E-state index contributed by atoms with van der Waals surface area (Å²) < 4.78 is 0. The highest BCUT2D eigenvalue weighted by atomic mass is 16.2. The summed E-state index contributed by atoms with van der Waals surface area (Å²) in [6, 6.07) is 15.9. The minimum Gasteiger partial charge on any atom is -0.344 e. The second-order valence-electron chi connectivity index (χ2n) is 6.27. The minimum absolute atomic E-state index is 0.0712. The SMILES string of the molecule is CC(=O)NC1Cc2c(c3ccccc3c3ccccc23)N(C)C1=O. The van der Waals surface area contributed by atoms with E-state index in [0.717, 1.165) is 27.4 Å². The number of benzene rings is 3. The van der Waals surface area contributed by atoms with E-state index in [1.807, 2.05) is 24.3 Å². The molecule has 0 spiro atoms. The number of anilines is 1. The van der Waals surface area contributed by atoms with E-state index in [4.69, 9.17) is 0 Å². The molecule has 2 amide bonds. The molecule has 1 aliphatic rings. The Labute approximate surface area is 140 Å². The summed E-state index contributed by atoms with van der Waals surface area (Å²) >= 11 is 0. The number of hydrogen-bond donors (Lipinski definition) is 1. The number of amides is 2. The van der Waals surface area contributed by atoms with E-state index in [1.165, 1.54) is 12.3 Å². The number of nitrogens with one attached hydrogen (secondary N) is 1. The Morgan fingerprint density at radius 1 is 1.00 bits per heavy atom. The van der Waals surface area contributed by atoms with Gasteiger partial charge in [0.05, 0.1) is 5.69 Å². The highest BCUT2D eigenvalue weighted by Crippen LogP contribution is 2.41. The number of fused-ring (bicyclic) bond motifs is 6. The van der Waals surface area contributed by atoms with Crippen LogP contribution in [0.3, 0.4) is 0 Å². The second kappa shape index (κ2) is 5.34. The van der Waals surface area contributed by atoms with Crippen molar-refractivity contribution in [3.05, 3.63) is 54.1 Å². The lowest BCUT2D eigenvalue weighted by Gasteiger charge is -2.34. The third kappa shape index (κ3) is 2.07. The first-order chi connectivity index (χ1) is 11.6. The number of hydrogen-bond acceptors (Lipinski definition) is 2. The van der Waals surface area contributed by atoms with Gasteiger partial charge in [0.25, 0.3) is 0 Å². The van der Waals surface area contributed by atoms with Gasteiger partial charge in [0.1, 0.15) is 6.04 Å². The van der Waals surface area contributed by atoms with Gasteiger partial charge in [0.2, 0.25) is 11.8 Å². The van der Waals surface area contributed by atoms with Gasteiger partial charge in [-0.05, 0) is 21.7 Å². The summed E-state index contributed by atoms with van der Waals surface area (Å²) in [4.78, 5) is 25.9. The maximum absolute atomic E-state index is 12.7. The van der Waals surface area contributed by atoms with Crippen LogP contribution in [0.15, 0.2) is 48.5 Å². The van der Waals surface area contributed by atoms with Crippen molar-refractivity contribution in [1.29, 1.82) is 0 Å². The van der Waals surface area contributed by atoms with Crippen LogP contribution in [-0.2, 0) is 16.0 Å². The quantitative estimate of drug-likeness (QED) is 0.701. The molecule has 1 atom stereocenters. The van der Waals surface area contributed by atoms with Crippen LogP contribution >= 0.6 is 0 Å². The molecule has 1 heterocycles. The topological polar surface area (TPSA) is 49.4 Å². The number of carbonyl (C=O) groups excluding carboxylic acids is 2. The fourth-order valence-electron chi connectivity index (χ4n) is 3.78. The molecule has 4 rings (SSSR count). The van der Waals surface area contributed by atoms with Crippen molar-refractivity contribution in [2.45, 2.75) is 19.4 Å². The fraction of sp³-hybridized carbons (Fsp3) is 0.200. The molecule has 0 radical (unpaired) electrons. The summed E-state index contributed by atoms with van der Waals surface area (Å²) in [5.74, 6) is -0.256. The molecule has 120 valence electrons. The first-order valence-electron chi connectivity index (χ1n) is 8.05. The predicted octanol–water partition coefficient (Wildman–Crippen LogP) is 3.02. The maximum Gasteiger partial charge on any atom is 0.249 e. The molecule has 0 aliphatic carbocycles. The fourth-order valence-corrected chi connectivity index (χ4v) is 3.78. The monoisotopic (exact) mass is 318 g/mol. The number of nitrogens with zero attached hydrogens (tertiary/aromatic N) is 1. The van der Waals surface area contributed by atoms with Crippen molar-refractivity contribution in [2.75, 3.05) is 11.9 Å². The van der Waals surface area contributed by atoms with Gasteiger partial charge in [-0.1, -0.05) is 48.5 Å². The molecule has 1 unspecified atom stereocenters. The largest absolute Gasteiger partial charge is 0.344 e. The Balaban J connectivity index is 2.07. The molecular weight excluding hydrogens is 300 g/mol. The van der Waals surface area contributed by atoms with Gasteiger partial charge in [0, 0.05) is 25.8 Å². The lowest BCUT2D eigenvalue weighted by atomic mass is 9.88. The summed E-state index contributed by atoms with van der Waals surface area (Å²) in [5, 5.41) is 7.32. The Kier molecular flexibility index (Phi) is 3.27. The standard InChI is InChI=1S/C20H18N2O2/c1-12(23)21-18-11-17-15-9-4-3-7-13(15)14-8-5-6-10-16(14)19(17)22(2)20(18)24/h3-10,18H,11H2,1-2H3,(H,21,23). The molecule has 4 heteroatoms. The zero-order valence-corrected chi connectivity index (χ0v) is 13.7. The highest BCUT2D eigenvalue weighted by Gasteiger charge is 2.33. The van der Waals surface area contributed by atoms with E-state index in [0.29, 0.717) is 6.42 Å². The van der Waals surface area contributed by atoms with Crippen molar-refractivity contribution in [2.24, 2.45) is 0 Å². The van der Waals surface area contributed by atoms with Crippen LogP contribution in [0.1, 0.15) is 12.5 Å². The zero-order chi connectivity index (χ0) is 16.8. The molecule has 3 aromatic rings. The summed E-state index contributed by atoms with van der Waals surface area (Å²) in [6.45, 7) is 1.45. The van der Waals surface area contributed by atoms with Gasteiger partial charge in [0.15, 0.2) is 0 Å². The first kappa shape index (κ1) is 14.7. The lowest BCUT2D eigenvalue weighted by Crippen LogP contribution is -2.51. The van der Waals surface area contributed by atoms with Gasteiger partial charge >= 0.3 is 0 Å². The first-order valence-corrected chi connectivity index (χ1v) is 8.05. The molecule has 24 heavy (non-hydrogen) atoms. The van der Waals surface area contributed by atoms with E-state index in [2.05, 4.69) is 29.6 Å². The van der Waals surface area contributed by atoms with Crippen molar-refractivity contribution in [3.8, 4) is 0 Å². The summed E-state index contributed by atoms with van der Waals surface area (Å²) in [7, 11) is 1.79. The third-order valence-electron chi connectivity index (χ3n) is 4.76. The average molecular weight is 318 g/mol. The van der Waals surface area contributed by atoms with E-state index < -0.39 is 6.04 Å². The number of rotatable bonds is 1. The molecule has 4 nitrogen and oxygen atoms in total. The van der Waals surface area contributed by atoms with E-state index in [-0.39, 0.29) is 11.8 Å². The molecule has 1 aliphatic heterocycles. The Morgan fingerprint density at radius 2 is 1.54 bits per heavy atom. The smallest absolute Gasteiger partial charge is 0.249 e. The third-order valence-corrected chi connectivity index (χ3v) is 4.76. The normalized spacial score (nSPS) is 17.2. The Bertz CT molecular complexity index is 994. The van der Waals surface area contributed by atoms with E-state index in [1.54, 1.807) is 11.9 Å². The molecule has 0 fully saturated rings. The van der Waals surface area contributed by atoms with Gasteiger partial charge in [-0.15, -0.1) is 0 Å². The van der Waals surface area contributed by atoms with Crippen molar-refractivity contribution in [3.63, 3.8) is 0 Å². The lowest BCUT2D eigenvalue weighted by molar-refractivity contribution is -0.126. The molecule has 0 saturated carbocycles. The molecule has 0 aromatic heterocycles. The van der Waals surface area contributed by atoms with Gasteiger partial charge < -0.3 is 10.2 Å². The minimum atomic E-state index is -0.510. The van der Waals surface area contributed by atoms with Gasteiger partial charge in [-0.3, -0.25) is 9.59 Å². The van der Waals surface area contributed by atoms with E-state index >= 15 is 0 Å². The number of likely N-dealkylation sites (N-methyl/N-ethyl adjacent to an activating group) is 1. The van der Waals surface area contributed by atoms with Crippen LogP contribution in [0.4, 0.5) is 5.69 Å².